The first-order chi connectivity index (χ1) is 14.8. The van der Waals surface area contributed by atoms with Gasteiger partial charge in [0.1, 0.15) is 0 Å². The summed E-state index contributed by atoms with van der Waals surface area (Å²) in [5, 5.41) is 11.4. The highest BCUT2D eigenvalue weighted by molar-refractivity contribution is 6.10. The quantitative estimate of drug-likeness (QED) is 0.608. The fourth-order valence-corrected chi connectivity index (χ4v) is 5.40. The third kappa shape index (κ3) is 3.66. The zero-order valence-electron chi connectivity index (χ0n) is 21.1. The lowest BCUT2D eigenvalue weighted by Crippen LogP contribution is -2.43. The van der Waals surface area contributed by atoms with Crippen LogP contribution in [0.25, 0.3) is 5.57 Å². The maximum Gasteiger partial charge on any atom is 0.165 e. The molecule has 3 unspecified atom stereocenters. The number of ketones is 1. The highest BCUT2D eigenvalue weighted by atomic mass is 16.1. The Labute approximate surface area is 192 Å². The third-order valence-electron chi connectivity index (χ3n) is 7.31. The van der Waals surface area contributed by atoms with Gasteiger partial charge < -0.3 is 10.2 Å². The van der Waals surface area contributed by atoms with Crippen molar-refractivity contribution in [1.82, 2.24) is 10.2 Å². The number of H-pyrrole nitrogens is 1. The summed E-state index contributed by atoms with van der Waals surface area (Å²) >= 11 is 0. The second-order valence-electron chi connectivity index (χ2n) is 11.9. The number of carbonyl (C=O) groups is 1. The normalized spacial score (nSPS) is 23.5. The average Bonchev–Trinajstić information content (AvgIpc) is 3.06. The number of aromatic amines is 1. The molecule has 5 heteroatoms. The van der Waals surface area contributed by atoms with Crippen LogP contribution in [0.4, 0.5) is 11.5 Å². The smallest absolute Gasteiger partial charge is 0.165 e. The molecule has 2 heterocycles. The van der Waals surface area contributed by atoms with Crippen LogP contribution in [0.15, 0.2) is 29.8 Å². The van der Waals surface area contributed by atoms with Gasteiger partial charge in [0.05, 0.1) is 6.04 Å². The van der Waals surface area contributed by atoms with Gasteiger partial charge in [0.15, 0.2) is 11.6 Å². The summed E-state index contributed by atoms with van der Waals surface area (Å²) in [6, 6.07) is 8.33. The lowest BCUT2D eigenvalue weighted by atomic mass is 9.58. The Hall–Kier alpha value is -2.56. The van der Waals surface area contributed by atoms with Gasteiger partial charge in [-0.3, -0.25) is 9.89 Å². The number of benzene rings is 1. The van der Waals surface area contributed by atoms with Gasteiger partial charge in [-0.25, -0.2) is 0 Å². The molecule has 32 heavy (non-hydrogen) atoms. The first kappa shape index (κ1) is 22.6. The minimum Gasteiger partial charge on any atom is -0.378 e. The summed E-state index contributed by atoms with van der Waals surface area (Å²) in [6.07, 6.45) is 0.876. The molecule has 0 saturated heterocycles. The number of nitrogens with one attached hydrogen (secondary N) is 2. The fourth-order valence-electron chi connectivity index (χ4n) is 5.40. The maximum atomic E-state index is 14.1. The van der Waals surface area contributed by atoms with Crippen molar-refractivity contribution in [2.24, 2.45) is 22.7 Å². The highest BCUT2D eigenvalue weighted by Crippen LogP contribution is 2.56. The molecule has 0 bridgehead atoms. The van der Waals surface area contributed by atoms with Crippen LogP contribution in [0.3, 0.4) is 0 Å². The Bertz CT molecular complexity index is 1060. The van der Waals surface area contributed by atoms with Gasteiger partial charge >= 0.3 is 0 Å². The Morgan fingerprint density at radius 1 is 0.938 bits per heavy atom. The van der Waals surface area contributed by atoms with Gasteiger partial charge in [-0.05, 0) is 53.4 Å². The molecule has 1 aliphatic heterocycles. The Kier molecular flexibility index (Phi) is 5.30. The van der Waals surface area contributed by atoms with Crippen molar-refractivity contribution in [1.29, 1.82) is 0 Å². The van der Waals surface area contributed by atoms with E-state index in [9.17, 15) is 4.79 Å². The van der Waals surface area contributed by atoms with Crippen molar-refractivity contribution in [3.8, 4) is 0 Å². The predicted molar refractivity (Wildman–Crippen MR) is 133 cm³/mol. The van der Waals surface area contributed by atoms with E-state index in [0.717, 1.165) is 40.3 Å². The van der Waals surface area contributed by atoms with Crippen LogP contribution in [0.5, 0.6) is 0 Å². The number of rotatable bonds is 2. The second-order valence-corrected chi connectivity index (χ2v) is 11.9. The predicted octanol–water partition coefficient (Wildman–Crippen LogP) is 6.00. The number of hydrogen-bond acceptors (Lipinski definition) is 4. The molecule has 0 fully saturated rings. The van der Waals surface area contributed by atoms with E-state index in [0.29, 0.717) is 0 Å². The van der Waals surface area contributed by atoms with Gasteiger partial charge in [-0.1, -0.05) is 53.7 Å². The van der Waals surface area contributed by atoms with Crippen LogP contribution in [0, 0.1) is 29.6 Å². The van der Waals surface area contributed by atoms with Gasteiger partial charge in [-0.15, -0.1) is 0 Å². The van der Waals surface area contributed by atoms with E-state index in [-0.39, 0.29) is 34.5 Å². The van der Waals surface area contributed by atoms with E-state index in [4.69, 9.17) is 0 Å². The largest absolute Gasteiger partial charge is 0.378 e. The Morgan fingerprint density at radius 2 is 1.53 bits per heavy atom. The molecule has 1 aromatic heterocycles. The fraction of sp³-hybridized carbons (Fsp3) is 0.556. The molecule has 1 aliphatic carbocycles. The number of aryl methyl sites for hydroxylation is 1. The summed E-state index contributed by atoms with van der Waals surface area (Å²) in [5.41, 5.74) is 6.44. The highest BCUT2D eigenvalue weighted by Gasteiger charge is 2.49. The Morgan fingerprint density at radius 3 is 2.06 bits per heavy atom. The minimum absolute atomic E-state index is 0.00965. The topological polar surface area (TPSA) is 61.0 Å². The van der Waals surface area contributed by atoms with Crippen molar-refractivity contribution >= 4 is 22.9 Å². The van der Waals surface area contributed by atoms with Crippen molar-refractivity contribution in [3.05, 3.63) is 46.7 Å². The van der Waals surface area contributed by atoms with Crippen LogP contribution < -0.4 is 10.2 Å². The van der Waals surface area contributed by atoms with Crippen LogP contribution in [-0.4, -0.2) is 30.1 Å². The average molecular weight is 435 g/mol. The van der Waals surface area contributed by atoms with Crippen molar-refractivity contribution in [2.75, 3.05) is 24.3 Å². The standard InChI is InChI=1S/C27H38N4O/c1-15-20-21-18(26(2,3)4)14-19(27(5,6)7)24(32)22(21)23(28-25(20)30-29-15)16-10-12-17(13-11-16)31(8)9/h10-13,18-19,23H,14H2,1-9H3,(H2,28,29,30). The molecule has 0 amide bonds. The summed E-state index contributed by atoms with van der Waals surface area (Å²) < 4.78 is 0. The summed E-state index contributed by atoms with van der Waals surface area (Å²) in [6.45, 7) is 15.6. The molecule has 172 valence electrons. The zero-order chi connectivity index (χ0) is 23.6. The molecular formula is C27H38N4O. The number of aromatic nitrogens is 2. The minimum atomic E-state index is -0.195. The second kappa shape index (κ2) is 7.50. The first-order valence-corrected chi connectivity index (χ1v) is 11.7. The third-order valence-corrected chi connectivity index (χ3v) is 7.31. The molecule has 4 rings (SSSR count). The van der Waals surface area contributed by atoms with Crippen molar-refractivity contribution in [2.45, 2.75) is 60.9 Å². The molecule has 2 aromatic rings. The van der Waals surface area contributed by atoms with E-state index >= 15 is 0 Å². The number of fused-ring (bicyclic) bond motifs is 2. The van der Waals surface area contributed by atoms with E-state index in [2.05, 4.69) is 93.1 Å². The lowest BCUT2D eigenvalue weighted by molar-refractivity contribution is -0.124. The molecular weight excluding hydrogens is 396 g/mol. The van der Waals surface area contributed by atoms with E-state index in [1.165, 1.54) is 5.57 Å². The molecule has 2 N–H and O–H groups in total. The lowest BCUT2D eigenvalue weighted by Gasteiger charge is -2.47. The van der Waals surface area contributed by atoms with Crippen molar-refractivity contribution in [3.63, 3.8) is 0 Å². The molecule has 0 spiro atoms. The maximum absolute atomic E-state index is 14.1. The summed E-state index contributed by atoms with van der Waals surface area (Å²) in [5.74, 6) is 1.41. The van der Waals surface area contributed by atoms with Gasteiger partial charge in [0.2, 0.25) is 0 Å². The SMILES string of the molecule is Cc1[nH]nc2c1C1=C(C(=O)C(C(C)(C)C)CC1C(C)(C)C)C(c1ccc(N(C)C)cc1)N2. The van der Waals surface area contributed by atoms with Crippen LogP contribution in [0.2, 0.25) is 0 Å². The first-order valence-electron chi connectivity index (χ1n) is 11.7. The number of anilines is 2. The molecule has 0 radical (unpaired) electrons. The number of carbonyl (C=O) groups excluding carboxylic acids is 1. The van der Waals surface area contributed by atoms with E-state index in [1.54, 1.807) is 0 Å². The summed E-state index contributed by atoms with van der Waals surface area (Å²) in [4.78, 5) is 16.2. The number of hydrogen-bond donors (Lipinski definition) is 2. The molecule has 5 nitrogen and oxygen atoms in total. The van der Waals surface area contributed by atoms with Crippen molar-refractivity contribution < 1.29 is 4.79 Å². The number of Topliss-reactive ketones (excluding diaryl/α,β-unsaturated/α-hetero) is 1. The zero-order valence-corrected chi connectivity index (χ0v) is 21.1. The number of allylic oxidation sites excluding steroid dienone is 1. The number of nitrogens with zero attached hydrogens (tertiary/aromatic N) is 2. The molecule has 1 aromatic carbocycles. The summed E-state index contributed by atoms with van der Waals surface area (Å²) in [7, 11) is 4.08. The molecule has 3 atom stereocenters. The Balaban J connectivity index is 1.97. The monoisotopic (exact) mass is 434 g/mol. The van der Waals surface area contributed by atoms with Gasteiger partial charge in [0.25, 0.3) is 0 Å². The van der Waals surface area contributed by atoms with E-state index < -0.39 is 0 Å². The van der Waals surface area contributed by atoms with Gasteiger partial charge in [-0.2, -0.15) is 5.10 Å². The van der Waals surface area contributed by atoms with Crippen LogP contribution in [-0.2, 0) is 4.79 Å². The van der Waals surface area contributed by atoms with E-state index in [1.807, 2.05) is 14.1 Å². The molecule has 0 saturated carbocycles. The van der Waals surface area contributed by atoms with Crippen LogP contribution >= 0.6 is 0 Å². The molecule has 2 aliphatic rings. The van der Waals surface area contributed by atoms with Gasteiger partial charge in [0, 0.05) is 42.5 Å². The van der Waals surface area contributed by atoms with Crippen LogP contribution in [0.1, 0.15) is 70.8 Å².